The third kappa shape index (κ3) is 2.40. The monoisotopic (exact) mass is 301 g/mol. The lowest BCUT2D eigenvalue weighted by atomic mass is 10.2. The predicted molar refractivity (Wildman–Crippen MR) is 76.7 cm³/mol. The molecule has 2 heterocycles. The summed E-state index contributed by atoms with van der Waals surface area (Å²) in [6.45, 7) is 6.83. The van der Waals surface area contributed by atoms with E-state index >= 15 is 0 Å². The summed E-state index contributed by atoms with van der Waals surface area (Å²) in [6.07, 6.45) is 1.91. The minimum atomic E-state index is -0.609. The van der Waals surface area contributed by atoms with Crippen LogP contribution in [0.2, 0.25) is 0 Å². The van der Waals surface area contributed by atoms with Gasteiger partial charge in [0.1, 0.15) is 11.9 Å². The number of aliphatic hydroxyl groups excluding tert-OH is 1. The summed E-state index contributed by atoms with van der Waals surface area (Å²) >= 11 is 0. The summed E-state index contributed by atoms with van der Waals surface area (Å²) in [5.41, 5.74) is 1.06. The largest absolute Gasteiger partial charge is 0.441 e. The van der Waals surface area contributed by atoms with E-state index in [0.717, 1.165) is 0 Å². The van der Waals surface area contributed by atoms with Crippen LogP contribution in [-0.4, -0.2) is 35.0 Å². The lowest BCUT2D eigenvalue weighted by molar-refractivity contribution is 0.0963. The van der Waals surface area contributed by atoms with Gasteiger partial charge in [0.15, 0.2) is 0 Å². The second-order valence-electron chi connectivity index (χ2n) is 4.82. The van der Waals surface area contributed by atoms with Crippen LogP contribution in [0, 0.1) is 12.4 Å². The minimum absolute atomic E-state index is 0.180. The van der Waals surface area contributed by atoms with Crippen LogP contribution in [0.1, 0.15) is 0 Å². The van der Waals surface area contributed by atoms with Crippen molar-refractivity contribution in [2.75, 3.05) is 18.1 Å². The van der Waals surface area contributed by atoms with Crippen molar-refractivity contribution >= 4 is 17.5 Å². The number of hydrogen-bond acceptors (Lipinski definition) is 3. The zero-order chi connectivity index (χ0) is 15.7. The van der Waals surface area contributed by atoms with E-state index in [-0.39, 0.29) is 18.8 Å². The van der Waals surface area contributed by atoms with Gasteiger partial charge in [-0.1, -0.05) is 0 Å². The fourth-order valence-electron chi connectivity index (χ4n) is 2.30. The second-order valence-corrected chi connectivity index (χ2v) is 4.82. The zero-order valence-electron chi connectivity index (χ0n) is 11.4. The van der Waals surface area contributed by atoms with Crippen molar-refractivity contribution < 1.29 is 19.0 Å². The van der Waals surface area contributed by atoms with Gasteiger partial charge in [-0.05, 0) is 30.5 Å². The summed E-state index contributed by atoms with van der Waals surface area (Å²) in [7, 11) is 0. The molecule has 1 aromatic carbocycles. The molecule has 6 nitrogen and oxygen atoms in total. The van der Waals surface area contributed by atoms with E-state index in [1.54, 1.807) is 18.3 Å². The average molecular weight is 301 g/mol. The number of anilines is 1. The first-order chi connectivity index (χ1) is 10.6. The van der Waals surface area contributed by atoms with Crippen LogP contribution in [-0.2, 0) is 4.74 Å². The first-order valence-electron chi connectivity index (χ1n) is 6.57. The van der Waals surface area contributed by atoms with Crippen LogP contribution in [0.3, 0.4) is 0 Å². The Labute approximate surface area is 125 Å². The molecule has 1 N–H and O–H groups in total. The summed E-state index contributed by atoms with van der Waals surface area (Å²) in [6, 6.07) is 5.94. The maximum absolute atomic E-state index is 14.3. The van der Waals surface area contributed by atoms with Gasteiger partial charge in [-0.15, -0.1) is 0 Å². The van der Waals surface area contributed by atoms with Crippen molar-refractivity contribution in [3.05, 3.63) is 53.9 Å². The van der Waals surface area contributed by atoms with Crippen LogP contribution in [0.5, 0.6) is 0 Å². The molecule has 7 heteroatoms. The number of ether oxygens (including phenoxy) is 1. The van der Waals surface area contributed by atoms with Gasteiger partial charge < -0.3 is 14.4 Å². The van der Waals surface area contributed by atoms with Crippen molar-refractivity contribution in [1.82, 2.24) is 4.57 Å². The number of aliphatic hydroxyl groups is 1. The van der Waals surface area contributed by atoms with Crippen molar-refractivity contribution in [3.8, 4) is 5.69 Å². The molecule has 0 saturated carbocycles. The SMILES string of the molecule is [C-]#[N+]c1ccn(-c2ccc(N3C[C@H](CO)OC3=O)cc2F)c1. The van der Waals surface area contributed by atoms with E-state index in [1.165, 1.54) is 27.8 Å². The molecule has 3 rings (SSSR count). The Balaban J connectivity index is 1.90. The van der Waals surface area contributed by atoms with Crippen LogP contribution in [0.4, 0.5) is 20.6 Å². The number of benzene rings is 1. The number of carbonyl (C=O) groups excluding carboxylic acids is 1. The topological polar surface area (TPSA) is 59.1 Å². The van der Waals surface area contributed by atoms with Crippen molar-refractivity contribution in [1.29, 1.82) is 0 Å². The van der Waals surface area contributed by atoms with Crippen LogP contribution >= 0.6 is 0 Å². The highest BCUT2D eigenvalue weighted by atomic mass is 19.1. The maximum Gasteiger partial charge on any atom is 0.414 e. The predicted octanol–water partition coefficient (Wildman–Crippen LogP) is 2.48. The molecule has 1 aliphatic rings. The first-order valence-corrected chi connectivity index (χ1v) is 6.57. The third-order valence-corrected chi connectivity index (χ3v) is 3.41. The molecule has 0 bridgehead atoms. The Bertz CT molecular complexity index is 766. The maximum atomic E-state index is 14.3. The molecule has 2 aromatic rings. The van der Waals surface area contributed by atoms with Gasteiger partial charge in [-0.3, -0.25) is 4.90 Å². The summed E-state index contributed by atoms with van der Waals surface area (Å²) in [5.74, 6) is -0.523. The van der Waals surface area contributed by atoms with Crippen LogP contribution in [0.25, 0.3) is 10.5 Å². The second kappa shape index (κ2) is 5.50. The number of halogens is 1. The molecule has 112 valence electrons. The van der Waals surface area contributed by atoms with Crippen LogP contribution < -0.4 is 4.90 Å². The molecule has 0 radical (unpaired) electrons. The molecular formula is C15H12FN3O3. The molecule has 0 unspecified atom stereocenters. The smallest absolute Gasteiger partial charge is 0.414 e. The van der Waals surface area contributed by atoms with Crippen molar-refractivity contribution in [2.24, 2.45) is 0 Å². The highest BCUT2D eigenvalue weighted by Gasteiger charge is 2.32. The fourth-order valence-corrected chi connectivity index (χ4v) is 2.30. The molecule has 1 fully saturated rings. The number of rotatable bonds is 3. The molecule has 1 aromatic heterocycles. The van der Waals surface area contributed by atoms with Crippen molar-refractivity contribution in [3.63, 3.8) is 0 Å². The van der Waals surface area contributed by atoms with E-state index in [0.29, 0.717) is 11.4 Å². The Hall–Kier alpha value is -2.85. The Morgan fingerprint density at radius 1 is 1.45 bits per heavy atom. The number of hydrogen-bond donors (Lipinski definition) is 1. The van der Waals surface area contributed by atoms with Gasteiger partial charge in [0.25, 0.3) is 0 Å². The van der Waals surface area contributed by atoms with E-state index in [9.17, 15) is 9.18 Å². The Morgan fingerprint density at radius 3 is 2.86 bits per heavy atom. The first kappa shape index (κ1) is 14.1. The molecule has 1 atom stereocenters. The third-order valence-electron chi connectivity index (χ3n) is 3.41. The number of amides is 1. The van der Waals surface area contributed by atoms with Crippen LogP contribution in [0.15, 0.2) is 36.7 Å². The van der Waals surface area contributed by atoms with Crippen molar-refractivity contribution in [2.45, 2.75) is 6.10 Å². The molecule has 1 saturated heterocycles. The lowest BCUT2D eigenvalue weighted by Gasteiger charge is -2.14. The molecule has 1 aliphatic heterocycles. The number of cyclic esters (lactones) is 1. The van der Waals surface area contributed by atoms with Gasteiger partial charge in [0.05, 0.1) is 31.1 Å². The molecule has 0 spiro atoms. The molecule has 22 heavy (non-hydrogen) atoms. The summed E-state index contributed by atoms with van der Waals surface area (Å²) in [4.78, 5) is 16.2. The molecule has 1 amide bonds. The highest BCUT2D eigenvalue weighted by Crippen LogP contribution is 2.26. The fraction of sp³-hybridized carbons (Fsp3) is 0.200. The number of aromatic nitrogens is 1. The Morgan fingerprint density at radius 2 is 2.27 bits per heavy atom. The van der Waals surface area contributed by atoms with Gasteiger partial charge in [0.2, 0.25) is 5.69 Å². The zero-order valence-corrected chi connectivity index (χ0v) is 11.4. The standard InChI is InChI=1S/C15H12FN3O3/c1-17-10-4-5-18(7-10)14-3-2-11(6-13(14)16)19-8-12(9-20)22-15(19)21/h2-7,12,20H,8-9H2/t12-/m1/s1. The van der Waals surface area contributed by atoms with Gasteiger partial charge in [-0.25, -0.2) is 14.0 Å². The number of nitrogens with zero attached hydrogens (tertiary/aromatic N) is 3. The molecule has 0 aliphatic carbocycles. The molecular weight excluding hydrogens is 289 g/mol. The van der Waals surface area contributed by atoms with Gasteiger partial charge >= 0.3 is 6.09 Å². The lowest BCUT2D eigenvalue weighted by Crippen LogP contribution is -2.25. The van der Waals surface area contributed by atoms with Gasteiger partial charge in [-0.2, -0.15) is 0 Å². The van der Waals surface area contributed by atoms with E-state index in [1.807, 2.05) is 0 Å². The average Bonchev–Trinajstić information content (AvgIpc) is 3.13. The van der Waals surface area contributed by atoms with Gasteiger partial charge in [0, 0.05) is 6.20 Å². The van der Waals surface area contributed by atoms with E-state index in [4.69, 9.17) is 16.4 Å². The Kier molecular flexibility index (Phi) is 3.53. The minimum Gasteiger partial charge on any atom is -0.441 e. The van der Waals surface area contributed by atoms with E-state index in [2.05, 4.69) is 4.85 Å². The summed E-state index contributed by atoms with van der Waals surface area (Å²) < 4.78 is 20.7. The quantitative estimate of drug-likeness (QED) is 0.886. The highest BCUT2D eigenvalue weighted by molar-refractivity contribution is 5.89. The van der Waals surface area contributed by atoms with E-state index < -0.39 is 18.0 Å². The number of carbonyl (C=O) groups is 1. The summed E-state index contributed by atoms with van der Waals surface area (Å²) in [5, 5.41) is 9.02. The normalized spacial score (nSPS) is 17.4.